The Balaban J connectivity index is 1.58. The van der Waals surface area contributed by atoms with Crippen LogP contribution >= 0.6 is 0 Å². The molecule has 1 aromatic rings. The molecule has 2 fully saturated rings. The van der Waals surface area contributed by atoms with Gasteiger partial charge in [-0.25, -0.2) is 0 Å². The maximum atomic E-state index is 6.04. The molecule has 2 saturated heterocycles. The summed E-state index contributed by atoms with van der Waals surface area (Å²) in [6.45, 7) is 4.57. The number of benzene rings is 1. The lowest BCUT2D eigenvalue weighted by Gasteiger charge is -2.29. The zero-order valence-electron chi connectivity index (χ0n) is 11.6. The van der Waals surface area contributed by atoms with Crippen LogP contribution in [0.2, 0.25) is 0 Å². The summed E-state index contributed by atoms with van der Waals surface area (Å²) in [4.78, 5) is 2.48. The Morgan fingerprint density at radius 1 is 0.947 bits per heavy atom. The van der Waals surface area contributed by atoms with Crippen LogP contribution in [0.25, 0.3) is 0 Å². The second-order valence-electron chi connectivity index (χ2n) is 5.61. The van der Waals surface area contributed by atoms with Gasteiger partial charge in [-0.3, -0.25) is 0 Å². The third kappa shape index (κ3) is 3.41. The lowest BCUT2D eigenvalue weighted by atomic mass is 10.1. The van der Waals surface area contributed by atoms with Gasteiger partial charge in [-0.05, 0) is 69.5 Å². The zero-order chi connectivity index (χ0) is 12.9. The van der Waals surface area contributed by atoms with Gasteiger partial charge in [0.15, 0.2) is 0 Å². The van der Waals surface area contributed by atoms with Crippen LogP contribution in [0.5, 0.6) is 5.75 Å². The second kappa shape index (κ2) is 6.29. The predicted molar refractivity (Wildman–Crippen MR) is 79.0 cm³/mol. The zero-order valence-corrected chi connectivity index (χ0v) is 11.6. The molecular formula is C16H24N2O. The van der Waals surface area contributed by atoms with Crippen LogP contribution in [-0.4, -0.2) is 32.3 Å². The third-order valence-corrected chi connectivity index (χ3v) is 4.15. The van der Waals surface area contributed by atoms with Crippen LogP contribution in [0.3, 0.4) is 0 Å². The van der Waals surface area contributed by atoms with Gasteiger partial charge >= 0.3 is 0 Å². The van der Waals surface area contributed by atoms with Crippen molar-refractivity contribution in [2.75, 3.05) is 31.1 Å². The molecule has 0 aromatic heterocycles. The Morgan fingerprint density at radius 2 is 1.63 bits per heavy atom. The first-order valence-corrected chi connectivity index (χ1v) is 7.64. The van der Waals surface area contributed by atoms with Crippen molar-refractivity contribution in [3.05, 3.63) is 24.3 Å². The Morgan fingerprint density at radius 3 is 2.32 bits per heavy atom. The van der Waals surface area contributed by atoms with Crippen LogP contribution in [0.4, 0.5) is 5.69 Å². The molecule has 0 radical (unpaired) electrons. The summed E-state index contributed by atoms with van der Waals surface area (Å²) in [5.74, 6) is 1.02. The molecule has 2 heterocycles. The molecule has 1 N–H and O–H groups in total. The van der Waals surface area contributed by atoms with Crippen LogP contribution in [0.1, 0.15) is 32.1 Å². The monoisotopic (exact) mass is 260 g/mol. The summed E-state index contributed by atoms with van der Waals surface area (Å²) < 4.78 is 6.04. The minimum Gasteiger partial charge on any atom is -0.490 e. The molecule has 1 aromatic carbocycles. The molecule has 104 valence electrons. The maximum Gasteiger partial charge on any atom is 0.119 e. The van der Waals surface area contributed by atoms with Crippen LogP contribution in [0, 0.1) is 0 Å². The van der Waals surface area contributed by atoms with E-state index in [9.17, 15) is 0 Å². The van der Waals surface area contributed by atoms with Gasteiger partial charge in [0.05, 0.1) is 0 Å². The van der Waals surface area contributed by atoms with Crippen molar-refractivity contribution in [3.8, 4) is 5.75 Å². The largest absolute Gasteiger partial charge is 0.490 e. The number of nitrogens with one attached hydrogen (secondary N) is 1. The molecule has 0 spiro atoms. The second-order valence-corrected chi connectivity index (χ2v) is 5.61. The smallest absolute Gasteiger partial charge is 0.119 e. The number of rotatable bonds is 3. The number of hydrogen-bond donors (Lipinski definition) is 1. The van der Waals surface area contributed by atoms with Crippen molar-refractivity contribution in [2.24, 2.45) is 0 Å². The van der Waals surface area contributed by atoms with Gasteiger partial charge in [-0.2, -0.15) is 0 Å². The maximum absolute atomic E-state index is 6.04. The van der Waals surface area contributed by atoms with Gasteiger partial charge in [0.25, 0.3) is 0 Å². The number of nitrogens with zero attached hydrogens (tertiary/aromatic N) is 1. The number of piperidine rings is 2. The minimum absolute atomic E-state index is 0.391. The molecule has 3 nitrogen and oxygen atoms in total. The minimum atomic E-state index is 0.391. The Bertz CT molecular complexity index is 378. The fraction of sp³-hybridized carbons (Fsp3) is 0.625. The summed E-state index contributed by atoms with van der Waals surface area (Å²) in [6, 6.07) is 8.68. The standard InChI is InChI=1S/C16H24N2O/c1-2-12-18(13-3-1)14-4-6-15(7-5-14)19-16-8-10-17-11-9-16/h4-7,16-17H,1-3,8-13H2. The molecule has 0 saturated carbocycles. The van der Waals surface area contributed by atoms with Gasteiger partial charge in [0.1, 0.15) is 11.9 Å². The normalized spacial score (nSPS) is 21.4. The van der Waals surface area contributed by atoms with Crippen molar-refractivity contribution in [3.63, 3.8) is 0 Å². The van der Waals surface area contributed by atoms with E-state index in [1.165, 1.54) is 38.0 Å². The number of ether oxygens (including phenoxy) is 1. The highest BCUT2D eigenvalue weighted by Gasteiger charge is 2.15. The van der Waals surface area contributed by atoms with E-state index in [2.05, 4.69) is 34.5 Å². The van der Waals surface area contributed by atoms with E-state index < -0.39 is 0 Å². The molecule has 0 unspecified atom stereocenters. The molecular weight excluding hydrogens is 236 g/mol. The van der Waals surface area contributed by atoms with E-state index in [1.54, 1.807) is 0 Å². The lowest BCUT2D eigenvalue weighted by molar-refractivity contribution is 0.162. The molecule has 3 heteroatoms. The highest BCUT2D eigenvalue weighted by atomic mass is 16.5. The fourth-order valence-corrected chi connectivity index (χ4v) is 2.99. The van der Waals surface area contributed by atoms with E-state index in [-0.39, 0.29) is 0 Å². The van der Waals surface area contributed by atoms with E-state index in [0.717, 1.165) is 31.7 Å². The summed E-state index contributed by atoms with van der Waals surface area (Å²) in [6.07, 6.45) is 6.66. The topological polar surface area (TPSA) is 24.5 Å². The van der Waals surface area contributed by atoms with Gasteiger partial charge in [-0.15, -0.1) is 0 Å². The average Bonchev–Trinajstić information content (AvgIpc) is 2.50. The Hall–Kier alpha value is -1.22. The first-order chi connectivity index (χ1) is 9.42. The van der Waals surface area contributed by atoms with Gasteiger partial charge < -0.3 is 15.0 Å². The van der Waals surface area contributed by atoms with Crippen molar-refractivity contribution in [2.45, 2.75) is 38.2 Å². The summed E-state index contributed by atoms with van der Waals surface area (Å²) in [7, 11) is 0. The molecule has 0 bridgehead atoms. The van der Waals surface area contributed by atoms with Crippen molar-refractivity contribution in [1.29, 1.82) is 0 Å². The van der Waals surface area contributed by atoms with E-state index >= 15 is 0 Å². The quantitative estimate of drug-likeness (QED) is 0.904. The van der Waals surface area contributed by atoms with Gasteiger partial charge in [-0.1, -0.05) is 0 Å². The van der Waals surface area contributed by atoms with Crippen molar-refractivity contribution < 1.29 is 4.74 Å². The summed E-state index contributed by atoms with van der Waals surface area (Å²) in [5, 5.41) is 3.37. The highest BCUT2D eigenvalue weighted by molar-refractivity contribution is 5.49. The molecule has 0 amide bonds. The molecule has 2 aliphatic rings. The molecule has 0 atom stereocenters. The molecule has 0 aliphatic carbocycles. The Kier molecular flexibility index (Phi) is 4.23. The SMILES string of the molecule is c1cc(N2CCCCC2)ccc1OC1CCNCC1. The van der Waals surface area contributed by atoms with Gasteiger partial charge in [0.2, 0.25) is 0 Å². The molecule has 2 aliphatic heterocycles. The van der Waals surface area contributed by atoms with Gasteiger partial charge in [0, 0.05) is 18.8 Å². The van der Waals surface area contributed by atoms with Crippen molar-refractivity contribution >= 4 is 5.69 Å². The molecule has 3 rings (SSSR count). The number of anilines is 1. The van der Waals surface area contributed by atoms with E-state index in [4.69, 9.17) is 4.74 Å². The van der Waals surface area contributed by atoms with Crippen LogP contribution < -0.4 is 15.0 Å². The predicted octanol–water partition coefficient (Wildman–Crippen LogP) is 2.81. The van der Waals surface area contributed by atoms with E-state index in [0.29, 0.717) is 6.10 Å². The molecule has 19 heavy (non-hydrogen) atoms. The number of hydrogen-bond acceptors (Lipinski definition) is 3. The highest BCUT2D eigenvalue weighted by Crippen LogP contribution is 2.24. The Labute approximate surface area is 115 Å². The first-order valence-electron chi connectivity index (χ1n) is 7.64. The van der Waals surface area contributed by atoms with Crippen molar-refractivity contribution in [1.82, 2.24) is 5.32 Å². The fourth-order valence-electron chi connectivity index (χ4n) is 2.99. The summed E-state index contributed by atoms with van der Waals surface area (Å²) >= 11 is 0. The lowest BCUT2D eigenvalue weighted by Crippen LogP contribution is -2.34. The van der Waals surface area contributed by atoms with E-state index in [1.807, 2.05) is 0 Å². The third-order valence-electron chi connectivity index (χ3n) is 4.15. The first kappa shape index (κ1) is 12.8. The average molecular weight is 260 g/mol. The van der Waals surface area contributed by atoms with Crippen LogP contribution in [-0.2, 0) is 0 Å². The van der Waals surface area contributed by atoms with Crippen LogP contribution in [0.15, 0.2) is 24.3 Å². The summed E-state index contributed by atoms with van der Waals surface area (Å²) in [5.41, 5.74) is 1.34.